The van der Waals surface area contributed by atoms with E-state index in [2.05, 4.69) is 19.8 Å². The summed E-state index contributed by atoms with van der Waals surface area (Å²) in [4.78, 5) is 15.6. The molecule has 0 radical (unpaired) electrons. The molecule has 1 aliphatic heterocycles. The molecule has 8 nitrogen and oxygen atoms in total. The number of anilines is 1. The van der Waals surface area contributed by atoms with Crippen molar-refractivity contribution < 1.29 is 22.1 Å². The van der Waals surface area contributed by atoms with E-state index in [1.165, 1.54) is 25.3 Å². The number of aliphatic imine (C=N–C) groups is 1. The van der Waals surface area contributed by atoms with Crippen LogP contribution in [0.2, 0.25) is 0 Å². The van der Waals surface area contributed by atoms with Crippen molar-refractivity contribution >= 4 is 44.7 Å². The lowest BCUT2D eigenvalue weighted by molar-refractivity contribution is 0.177. The molecule has 3 rings (SSSR count). The number of carbonyl (C=O) groups is 1. The molecule has 0 aromatic heterocycles. The third-order valence-corrected chi connectivity index (χ3v) is 5.53. The molecule has 26 heavy (non-hydrogen) atoms. The molecule has 0 atom stereocenters. The van der Waals surface area contributed by atoms with Crippen LogP contribution in [-0.4, -0.2) is 26.8 Å². The molecule has 0 fully saturated rings. The maximum atomic E-state index is 12.5. The zero-order valence-corrected chi connectivity index (χ0v) is 15.5. The van der Waals surface area contributed by atoms with Crippen LogP contribution in [0.4, 0.5) is 16.2 Å². The van der Waals surface area contributed by atoms with E-state index >= 15 is 0 Å². The number of nitrogens with one attached hydrogen (secondary N) is 2. The number of hydrogen-bond acceptors (Lipinski definition) is 8. The molecule has 0 saturated heterocycles. The number of fused-ring (bicyclic) bond motifs is 1. The summed E-state index contributed by atoms with van der Waals surface area (Å²) in [6.45, 7) is 1.70. The summed E-state index contributed by atoms with van der Waals surface area (Å²) in [5, 5.41) is 2.76. The van der Waals surface area contributed by atoms with E-state index in [1.54, 1.807) is 31.2 Å². The lowest BCUT2D eigenvalue weighted by atomic mass is 10.2. The van der Waals surface area contributed by atoms with Crippen molar-refractivity contribution in [2.45, 2.75) is 11.8 Å². The molecule has 0 aliphatic carbocycles. The number of alkyl carbamates (subject to hydrolysis) is 1. The molecular formula is C16H15N3O5S2. The number of carbonyl (C=O) groups excluding carboxylic acids is 1. The van der Waals surface area contributed by atoms with Crippen LogP contribution in [0, 0.1) is 6.92 Å². The second-order valence-corrected chi connectivity index (χ2v) is 7.53. The molecule has 2 aromatic rings. The summed E-state index contributed by atoms with van der Waals surface area (Å²) in [5.41, 5.74) is 1.68. The highest BCUT2D eigenvalue weighted by Crippen LogP contribution is 2.36. The van der Waals surface area contributed by atoms with E-state index < -0.39 is 16.2 Å². The van der Waals surface area contributed by atoms with Gasteiger partial charge in [0.2, 0.25) is 0 Å². The van der Waals surface area contributed by atoms with Gasteiger partial charge in [0.15, 0.2) is 5.17 Å². The molecule has 2 aromatic carbocycles. The molecule has 1 amide bonds. The van der Waals surface area contributed by atoms with Gasteiger partial charge in [-0.1, -0.05) is 18.2 Å². The normalized spacial score (nSPS) is 13.1. The van der Waals surface area contributed by atoms with Crippen molar-refractivity contribution in [2.75, 3.05) is 11.8 Å². The van der Waals surface area contributed by atoms with Crippen molar-refractivity contribution in [3.8, 4) is 5.75 Å². The molecule has 0 unspecified atom stereocenters. The largest absolute Gasteiger partial charge is 0.453 e. The van der Waals surface area contributed by atoms with Crippen LogP contribution >= 0.6 is 11.9 Å². The number of ether oxygens (including phenoxy) is 1. The van der Waals surface area contributed by atoms with Gasteiger partial charge < -0.3 is 13.6 Å². The summed E-state index contributed by atoms with van der Waals surface area (Å²) < 4.78 is 37.6. The summed E-state index contributed by atoms with van der Waals surface area (Å²) in [7, 11) is -2.69. The number of benzene rings is 2. The van der Waals surface area contributed by atoms with Crippen molar-refractivity contribution in [1.82, 2.24) is 5.32 Å². The third kappa shape index (κ3) is 3.92. The predicted molar refractivity (Wildman–Crippen MR) is 99.3 cm³/mol. The molecule has 0 spiro atoms. The Hall–Kier alpha value is -2.72. The predicted octanol–water partition coefficient (Wildman–Crippen LogP) is 3.18. The topological polar surface area (TPSA) is 106 Å². The first-order chi connectivity index (χ1) is 12.4. The lowest BCUT2D eigenvalue weighted by Gasteiger charge is -2.17. The Bertz CT molecular complexity index is 989. The monoisotopic (exact) mass is 393 g/mol. The second-order valence-electron chi connectivity index (χ2n) is 5.22. The van der Waals surface area contributed by atoms with Gasteiger partial charge >= 0.3 is 16.2 Å². The highest BCUT2D eigenvalue weighted by atomic mass is 32.2. The number of rotatable bonds is 3. The zero-order valence-electron chi connectivity index (χ0n) is 13.8. The first kappa shape index (κ1) is 18.1. The van der Waals surface area contributed by atoms with Crippen molar-refractivity contribution in [3.63, 3.8) is 0 Å². The van der Waals surface area contributed by atoms with E-state index in [0.717, 1.165) is 11.9 Å². The number of hydrogen-bond donors (Lipinski definition) is 2. The van der Waals surface area contributed by atoms with Gasteiger partial charge in [-0.2, -0.15) is 8.42 Å². The van der Waals surface area contributed by atoms with Gasteiger partial charge in [0.1, 0.15) is 10.6 Å². The summed E-state index contributed by atoms with van der Waals surface area (Å²) in [6.07, 6.45) is -0.634. The Balaban J connectivity index is 1.83. The van der Waals surface area contributed by atoms with Gasteiger partial charge in [0, 0.05) is 18.0 Å². The van der Waals surface area contributed by atoms with E-state index in [1.807, 2.05) is 0 Å². The van der Waals surface area contributed by atoms with Crippen LogP contribution in [0.3, 0.4) is 0 Å². The van der Waals surface area contributed by atoms with E-state index in [0.29, 0.717) is 22.1 Å². The Morgan fingerprint density at radius 1 is 1.23 bits per heavy atom. The van der Waals surface area contributed by atoms with Gasteiger partial charge in [0.25, 0.3) is 0 Å². The van der Waals surface area contributed by atoms with Crippen molar-refractivity contribution in [1.29, 1.82) is 0 Å². The average Bonchev–Trinajstić information content (AvgIpc) is 2.61. The number of nitrogens with zero attached hydrogens (tertiary/aromatic N) is 1. The van der Waals surface area contributed by atoms with Crippen LogP contribution in [0.25, 0.3) is 0 Å². The zero-order chi connectivity index (χ0) is 18.7. The summed E-state index contributed by atoms with van der Waals surface area (Å²) >= 11 is 1.06. The van der Waals surface area contributed by atoms with Gasteiger partial charge in [-0.25, -0.2) is 9.79 Å². The molecule has 2 N–H and O–H groups in total. The molecule has 1 heterocycles. The Kier molecular flexibility index (Phi) is 5.05. The number of amidine groups is 1. The maximum absolute atomic E-state index is 12.5. The first-order valence-corrected chi connectivity index (χ1v) is 9.62. The fourth-order valence-electron chi connectivity index (χ4n) is 2.18. The lowest BCUT2D eigenvalue weighted by Crippen LogP contribution is -2.29. The third-order valence-electron chi connectivity index (χ3n) is 3.41. The fourth-order valence-corrected chi connectivity index (χ4v) is 3.98. The molecule has 0 bridgehead atoms. The highest BCUT2D eigenvalue weighted by molar-refractivity contribution is 8.15. The SMILES string of the molecule is COC(=O)NC1=Nc2ccc(OS(=O)(=O)c3ccccc3C)cc2NS1. The second kappa shape index (κ2) is 7.26. The Morgan fingerprint density at radius 2 is 2.00 bits per heavy atom. The first-order valence-electron chi connectivity index (χ1n) is 7.40. The van der Waals surface area contributed by atoms with Crippen LogP contribution < -0.4 is 14.2 Å². The van der Waals surface area contributed by atoms with Crippen LogP contribution in [0.15, 0.2) is 52.4 Å². The van der Waals surface area contributed by atoms with Crippen LogP contribution in [0.5, 0.6) is 5.75 Å². The van der Waals surface area contributed by atoms with Crippen molar-refractivity contribution in [2.24, 2.45) is 4.99 Å². The minimum absolute atomic E-state index is 0.114. The molecule has 1 aliphatic rings. The molecule has 10 heteroatoms. The highest BCUT2D eigenvalue weighted by Gasteiger charge is 2.21. The average molecular weight is 393 g/mol. The maximum Gasteiger partial charge on any atom is 0.412 e. The number of methoxy groups -OCH3 is 1. The van der Waals surface area contributed by atoms with Crippen molar-refractivity contribution in [3.05, 3.63) is 48.0 Å². The fraction of sp³-hybridized carbons (Fsp3) is 0.125. The minimum atomic E-state index is -3.94. The summed E-state index contributed by atoms with van der Waals surface area (Å²) in [6, 6.07) is 11.2. The molecule has 136 valence electrons. The van der Waals surface area contributed by atoms with E-state index in [4.69, 9.17) is 4.18 Å². The van der Waals surface area contributed by atoms with Crippen LogP contribution in [-0.2, 0) is 14.9 Å². The standard InChI is InChI=1S/C16H15N3O5S2/c1-10-5-3-4-6-14(10)26(21,22)24-11-7-8-12-13(9-11)19-25-15(17-12)18-16(20)23-2/h3-9,19H,1-2H3,(H,17,18,20). The van der Waals surface area contributed by atoms with E-state index in [-0.39, 0.29) is 10.6 Å². The van der Waals surface area contributed by atoms with Gasteiger partial charge in [-0.3, -0.25) is 5.32 Å². The quantitative estimate of drug-likeness (QED) is 0.609. The van der Waals surface area contributed by atoms with Gasteiger partial charge in [0.05, 0.1) is 18.5 Å². The van der Waals surface area contributed by atoms with Gasteiger partial charge in [-0.05, 0) is 30.7 Å². The van der Waals surface area contributed by atoms with E-state index in [9.17, 15) is 13.2 Å². The molecular weight excluding hydrogens is 378 g/mol. The number of amides is 1. The smallest absolute Gasteiger partial charge is 0.412 e. The Labute approximate surface area is 154 Å². The minimum Gasteiger partial charge on any atom is -0.453 e. The van der Waals surface area contributed by atoms with Gasteiger partial charge in [-0.15, -0.1) is 0 Å². The molecule has 0 saturated carbocycles. The number of aryl methyl sites for hydroxylation is 1. The van der Waals surface area contributed by atoms with Crippen LogP contribution in [0.1, 0.15) is 5.56 Å². The Morgan fingerprint density at radius 3 is 2.73 bits per heavy atom. The summed E-state index contributed by atoms with van der Waals surface area (Å²) in [5.74, 6) is 0.152.